The number of anilines is 1. The lowest BCUT2D eigenvalue weighted by atomic mass is 10.2. The third kappa shape index (κ3) is 3.69. The van der Waals surface area contributed by atoms with E-state index in [1.807, 2.05) is 36.4 Å². The summed E-state index contributed by atoms with van der Waals surface area (Å²) in [6.45, 7) is 2.33. The largest absolute Gasteiger partial charge is 0.367 e. The maximum Gasteiger partial charge on any atom is 0.211 e. The number of benzene rings is 1. The Morgan fingerprint density at radius 3 is 2.58 bits per heavy atom. The fraction of sp³-hybridized carbons (Fsp3) is 0.267. The van der Waals surface area contributed by atoms with E-state index in [1.165, 1.54) is 0 Å². The Balaban J connectivity index is 1.74. The first-order chi connectivity index (χ1) is 11.6. The van der Waals surface area contributed by atoms with Crippen LogP contribution in [0.3, 0.4) is 0 Å². The highest BCUT2D eigenvalue weighted by Crippen LogP contribution is 2.17. The molecule has 2 aromatic heterocycles. The summed E-state index contributed by atoms with van der Waals surface area (Å²) < 4.78 is 26.9. The van der Waals surface area contributed by atoms with Gasteiger partial charge >= 0.3 is 0 Å². The Kier molecular flexibility index (Phi) is 4.72. The minimum absolute atomic E-state index is 0.0678. The molecule has 0 saturated heterocycles. The monoisotopic (exact) mass is 346 g/mol. The lowest BCUT2D eigenvalue weighted by Gasteiger charge is -2.07. The summed E-state index contributed by atoms with van der Waals surface area (Å²) >= 11 is 0. The van der Waals surface area contributed by atoms with E-state index in [2.05, 4.69) is 25.3 Å². The zero-order valence-corrected chi connectivity index (χ0v) is 14.0. The van der Waals surface area contributed by atoms with Crippen LogP contribution in [-0.4, -0.2) is 47.1 Å². The molecule has 126 valence electrons. The van der Waals surface area contributed by atoms with E-state index in [4.69, 9.17) is 0 Å². The highest BCUT2D eigenvalue weighted by atomic mass is 32.2. The molecular weight excluding hydrogens is 328 g/mol. The molecule has 1 aromatic carbocycles. The van der Waals surface area contributed by atoms with Crippen LogP contribution >= 0.6 is 0 Å². The zero-order chi connectivity index (χ0) is 17.0. The van der Waals surface area contributed by atoms with Gasteiger partial charge in [0.1, 0.15) is 5.82 Å². The van der Waals surface area contributed by atoms with Gasteiger partial charge in [0.2, 0.25) is 10.0 Å². The van der Waals surface area contributed by atoms with Crippen LogP contribution in [0.1, 0.15) is 6.92 Å². The predicted octanol–water partition coefficient (Wildman–Crippen LogP) is 1.14. The van der Waals surface area contributed by atoms with Crippen molar-refractivity contribution in [2.75, 3.05) is 24.2 Å². The predicted molar refractivity (Wildman–Crippen MR) is 92.2 cm³/mol. The van der Waals surface area contributed by atoms with Crippen LogP contribution in [0, 0.1) is 0 Å². The fourth-order valence-corrected chi connectivity index (χ4v) is 2.77. The molecule has 0 spiro atoms. The highest BCUT2D eigenvalue weighted by Gasteiger charge is 2.09. The van der Waals surface area contributed by atoms with Gasteiger partial charge in [-0.3, -0.25) is 0 Å². The molecule has 0 saturated carbocycles. The molecule has 0 atom stereocenters. The second kappa shape index (κ2) is 6.93. The number of fused-ring (bicyclic) bond motifs is 1. The van der Waals surface area contributed by atoms with E-state index in [0.717, 1.165) is 5.56 Å². The quantitative estimate of drug-likeness (QED) is 0.622. The molecule has 0 bridgehead atoms. The van der Waals surface area contributed by atoms with Gasteiger partial charge < -0.3 is 5.32 Å². The Labute approximate surface area is 140 Å². The standard InChI is InChI=1S/C15H18N6O2S/c1-2-24(22,23)17-11-10-16-13-8-9-14-18-19-15(21(14)20-13)12-6-4-3-5-7-12/h3-9,17H,2,10-11H2,1H3,(H,16,20). The van der Waals surface area contributed by atoms with Crippen molar-refractivity contribution in [2.24, 2.45) is 0 Å². The summed E-state index contributed by atoms with van der Waals surface area (Å²) in [5.74, 6) is 1.34. The third-order valence-corrected chi connectivity index (χ3v) is 4.83. The van der Waals surface area contributed by atoms with Crippen molar-refractivity contribution in [1.82, 2.24) is 24.5 Å². The van der Waals surface area contributed by atoms with Crippen molar-refractivity contribution in [1.29, 1.82) is 0 Å². The van der Waals surface area contributed by atoms with Crippen molar-refractivity contribution in [3.63, 3.8) is 0 Å². The minimum atomic E-state index is -3.18. The van der Waals surface area contributed by atoms with E-state index in [1.54, 1.807) is 17.5 Å². The van der Waals surface area contributed by atoms with Crippen molar-refractivity contribution in [3.05, 3.63) is 42.5 Å². The molecule has 0 radical (unpaired) electrons. The van der Waals surface area contributed by atoms with Crippen LogP contribution in [0.2, 0.25) is 0 Å². The molecule has 2 N–H and O–H groups in total. The number of nitrogens with zero attached hydrogens (tertiary/aromatic N) is 4. The number of sulfonamides is 1. The van der Waals surface area contributed by atoms with Crippen molar-refractivity contribution in [2.45, 2.75) is 6.92 Å². The summed E-state index contributed by atoms with van der Waals surface area (Å²) in [5, 5.41) is 15.8. The van der Waals surface area contributed by atoms with Crippen LogP contribution in [-0.2, 0) is 10.0 Å². The average Bonchev–Trinajstić information content (AvgIpc) is 3.03. The summed E-state index contributed by atoms with van der Waals surface area (Å²) in [5.41, 5.74) is 1.57. The zero-order valence-electron chi connectivity index (χ0n) is 13.2. The summed E-state index contributed by atoms with van der Waals surface area (Å²) in [6, 6.07) is 13.3. The fourth-order valence-electron chi connectivity index (χ4n) is 2.15. The van der Waals surface area contributed by atoms with Gasteiger partial charge in [0.25, 0.3) is 0 Å². The van der Waals surface area contributed by atoms with E-state index < -0.39 is 10.0 Å². The molecule has 0 amide bonds. The SMILES string of the molecule is CCS(=O)(=O)NCCNc1ccc2nnc(-c3ccccc3)n2n1. The van der Waals surface area contributed by atoms with Gasteiger partial charge in [-0.05, 0) is 19.1 Å². The van der Waals surface area contributed by atoms with Crippen molar-refractivity contribution < 1.29 is 8.42 Å². The van der Waals surface area contributed by atoms with Crippen LogP contribution in [0.25, 0.3) is 17.0 Å². The van der Waals surface area contributed by atoms with E-state index >= 15 is 0 Å². The maximum absolute atomic E-state index is 11.4. The number of aromatic nitrogens is 4. The molecule has 2 heterocycles. The van der Waals surface area contributed by atoms with Gasteiger partial charge in [-0.1, -0.05) is 30.3 Å². The molecule has 0 fully saturated rings. The molecule has 24 heavy (non-hydrogen) atoms. The van der Waals surface area contributed by atoms with Crippen molar-refractivity contribution >= 4 is 21.5 Å². The molecule has 0 aliphatic heterocycles. The summed E-state index contributed by atoms with van der Waals surface area (Å²) in [6.07, 6.45) is 0. The van der Waals surface area contributed by atoms with Gasteiger partial charge in [-0.2, -0.15) is 4.52 Å². The Hall–Kier alpha value is -2.52. The Morgan fingerprint density at radius 1 is 1.04 bits per heavy atom. The molecular formula is C15H18N6O2S. The summed E-state index contributed by atoms with van der Waals surface area (Å²) in [7, 11) is -3.18. The van der Waals surface area contributed by atoms with Gasteiger partial charge in [0.05, 0.1) is 5.75 Å². The maximum atomic E-state index is 11.4. The first-order valence-electron chi connectivity index (χ1n) is 7.58. The molecule has 0 unspecified atom stereocenters. The average molecular weight is 346 g/mol. The second-order valence-corrected chi connectivity index (χ2v) is 7.20. The third-order valence-electron chi connectivity index (χ3n) is 3.43. The normalized spacial score (nSPS) is 11.7. The van der Waals surface area contributed by atoms with Crippen LogP contribution in [0.4, 0.5) is 5.82 Å². The molecule has 9 heteroatoms. The summed E-state index contributed by atoms with van der Waals surface area (Å²) in [4.78, 5) is 0. The van der Waals surface area contributed by atoms with Gasteiger partial charge in [0, 0.05) is 18.7 Å². The molecule has 0 aliphatic rings. The minimum Gasteiger partial charge on any atom is -0.367 e. The van der Waals surface area contributed by atoms with Crippen LogP contribution < -0.4 is 10.0 Å². The van der Waals surface area contributed by atoms with Gasteiger partial charge in [0.15, 0.2) is 11.5 Å². The molecule has 3 rings (SSSR count). The van der Waals surface area contributed by atoms with Crippen LogP contribution in [0.5, 0.6) is 0 Å². The topological polar surface area (TPSA) is 101 Å². The molecule has 8 nitrogen and oxygen atoms in total. The molecule has 3 aromatic rings. The Bertz CT molecular complexity index is 924. The number of hydrogen-bond acceptors (Lipinski definition) is 6. The number of rotatable bonds is 7. The van der Waals surface area contributed by atoms with Gasteiger partial charge in [-0.25, -0.2) is 13.1 Å². The highest BCUT2D eigenvalue weighted by molar-refractivity contribution is 7.89. The van der Waals surface area contributed by atoms with E-state index in [-0.39, 0.29) is 5.75 Å². The number of hydrogen-bond donors (Lipinski definition) is 2. The molecule has 0 aliphatic carbocycles. The smallest absolute Gasteiger partial charge is 0.211 e. The second-order valence-electron chi connectivity index (χ2n) is 5.10. The van der Waals surface area contributed by atoms with Crippen LogP contribution in [0.15, 0.2) is 42.5 Å². The first kappa shape index (κ1) is 16.3. The lowest BCUT2D eigenvalue weighted by Crippen LogP contribution is -2.30. The lowest BCUT2D eigenvalue weighted by molar-refractivity contribution is 0.584. The Morgan fingerprint density at radius 2 is 1.83 bits per heavy atom. The number of nitrogens with one attached hydrogen (secondary N) is 2. The van der Waals surface area contributed by atoms with Crippen molar-refractivity contribution in [3.8, 4) is 11.4 Å². The van der Waals surface area contributed by atoms with E-state index in [9.17, 15) is 8.42 Å². The van der Waals surface area contributed by atoms with Gasteiger partial charge in [-0.15, -0.1) is 15.3 Å². The first-order valence-corrected chi connectivity index (χ1v) is 9.23. The van der Waals surface area contributed by atoms with E-state index in [0.29, 0.717) is 30.4 Å².